The number of fused-ring (bicyclic) bond motifs is 8. The van der Waals surface area contributed by atoms with Crippen LogP contribution >= 0.6 is 22.7 Å². The molecule has 3 nitrogen and oxygen atoms in total. The van der Waals surface area contributed by atoms with Gasteiger partial charge in [-0.3, -0.25) is 0 Å². The maximum atomic E-state index is 2.45. The van der Waals surface area contributed by atoms with E-state index >= 15 is 0 Å². The molecule has 0 radical (unpaired) electrons. The maximum Gasteiger partial charge on any atom is 0.109 e. The van der Waals surface area contributed by atoms with Crippen LogP contribution in [0.5, 0.6) is 0 Å². The van der Waals surface area contributed by atoms with E-state index in [2.05, 4.69) is 239 Å². The number of nitrogens with zero attached hydrogens (tertiary/aromatic N) is 3. The SMILES string of the molecule is c1ccc(-c2ccc(N(c3ccccc3)c3ccc4sc5c(c4c3)c3cc(N(c4ccccc4)c4ccc6c(c4)sc4ccccc46)ccc3n5-c3ccccc3)cc2)cc1. The van der Waals surface area contributed by atoms with Gasteiger partial charge >= 0.3 is 0 Å². The lowest BCUT2D eigenvalue weighted by Gasteiger charge is -2.26. The monoisotopic (exact) mass is 815 g/mol. The van der Waals surface area contributed by atoms with E-state index in [-0.39, 0.29) is 0 Å². The summed E-state index contributed by atoms with van der Waals surface area (Å²) in [5.41, 5.74) is 11.5. The third kappa shape index (κ3) is 6.09. The van der Waals surface area contributed by atoms with Gasteiger partial charge in [0.15, 0.2) is 0 Å². The van der Waals surface area contributed by atoms with Crippen LogP contribution in [0.4, 0.5) is 34.1 Å². The van der Waals surface area contributed by atoms with Crippen LogP contribution in [0.2, 0.25) is 0 Å². The van der Waals surface area contributed by atoms with Crippen molar-refractivity contribution >= 4 is 108 Å². The molecule has 9 aromatic carbocycles. The standard InChI is InChI=1S/C56H37N3S2/c1-5-15-38(16-6-1)39-25-27-43(28-26-39)57(40-17-7-2-8-18-40)45-31-34-53-50(36-45)55-49-35-44(30-33-51(49)59(56(55)61-53)42-21-11-4-12-22-42)58(41-19-9-3-10-20-41)46-29-32-48-47-23-13-14-24-52(47)60-54(48)37-46/h1-37H. The van der Waals surface area contributed by atoms with Gasteiger partial charge in [0.1, 0.15) is 4.83 Å². The summed E-state index contributed by atoms with van der Waals surface area (Å²) in [6.45, 7) is 0. The summed E-state index contributed by atoms with van der Waals surface area (Å²) < 4.78 is 6.30. The van der Waals surface area contributed by atoms with Crippen LogP contribution in [0.3, 0.4) is 0 Å². The molecule has 3 heterocycles. The molecule has 0 saturated carbocycles. The van der Waals surface area contributed by atoms with E-state index < -0.39 is 0 Å². The summed E-state index contributed by atoms with van der Waals surface area (Å²) in [6.07, 6.45) is 0. The molecule has 0 spiro atoms. The van der Waals surface area contributed by atoms with Crippen LogP contribution in [0.1, 0.15) is 0 Å². The average Bonchev–Trinajstić information content (AvgIpc) is 3.99. The van der Waals surface area contributed by atoms with Crippen LogP contribution in [0.25, 0.3) is 68.2 Å². The van der Waals surface area contributed by atoms with Crippen LogP contribution in [0, 0.1) is 0 Å². The molecule has 3 aromatic heterocycles. The summed E-state index contributed by atoms with van der Waals surface area (Å²) in [7, 11) is 0. The minimum absolute atomic E-state index is 1.11. The molecular formula is C56H37N3S2. The highest BCUT2D eigenvalue weighted by atomic mass is 32.1. The molecule has 0 saturated heterocycles. The minimum atomic E-state index is 1.11. The maximum absolute atomic E-state index is 2.45. The smallest absolute Gasteiger partial charge is 0.109 e. The van der Waals surface area contributed by atoms with Crippen molar-refractivity contribution in [2.24, 2.45) is 0 Å². The lowest BCUT2D eigenvalue weighted by atomic mass is 10.0. The highest BCUT2D eigenvalue weighted by Gasteiger charge is 2.23. The molecular weight excluding hydrogens is 779 g/mol. The van der Waals surface area contributed by atoms with E-state index in [1.54, 1.807) is 0 Å². The molecule has 0 fully saturated rings. The summed E-state index contributed by atoms with van der Waals surface area (Å²) in [4.78, 5) is 6.02. The van der Waals surface area contributed by atoms with Crippen LogP contribution in [-0.4, -0.2) is 4.57 Å². The van der Waals surface area contributed by atoms with Gasteiger partial charge in [-0.15, -0.1) is 22.7 Å². The Kier molecular flexibility index (Phi) is 8.54. The lowest BCUT2D eigenvalue weighted by Crippen LogP contribution is -2.09. The second-order valence-electron chi connectivity index (χ2n) is 15.4. The molecule has 12 aromatic rings. The Morgan fingerprint density at radius 3 is 1.52 bits per heavy atom. The summed E-state index contributed by atoms with van der Waals surface area (Å²) in [6, 6.07) is 81.5. The first-order valence-corrected chi connectivity index (χ1v) is 22.2. The molecule has 0 amide bonds. The molecule has 0 aliphatic carbocycles. The molecule has 0 aliphatic heterocycles. The third-order valence-corrected chi connectivity index (χ3v) is 14.0. The van der Waals surface area contributed by atoms with E-state index in [0.29, 0.717) is 0 Å². The predicted molar refractivity (Wildman–Crippen MR) is 264 cm³/mol. The molecule has 0 N–H and O–H groups in total. The molecule has 5 heteroatoms. The van der Waals surface area contributed by atoms with Gasteiger partial charge in [0.25, 0.3) is 0 Å². The van der Waals surface area contributed by atoms with Crippen molar-refractivity contribution in [2.45, 2.75) is 0 Å². The van der Waals surface area contributed by atoms with Crippen molar-refractivity contribution in [1.29, 1.82) is 0 Å². The number of anilines is 6. The van der Waals surface area contributed by atoms with Crippen LogP contribution in [-0.2, 0) is 0 Å². The van der Waals surface area contributed by atoms with Crippen LogP contribution < -0.4 is 9.80 Å². The highest BCUT2D eigenvalue weighted by molar-refractivity contribution is 7.26. The zero-order chi connectivity index (χ0) is 40.3. The van der Waals surface area contributed by atoms with Crippen molar-refractivity contribution in [2.75, 3.05) is 9.80 Å². The Hall–Kier alpha value is -7.44. The Labute approximate surface area is 361 Å². The lowest BCUT2D eigenvalue weighted by molar-refractivity contribution is 1.19. The summed E-state index contributed by atoms with van der Waals surface area (Å²) in [5, 5.41) is 6.34. The molecule has 288 valence electrons. The van der Waals surface area contributed by atoms with Gasteiger partial charge in [-0.2, -0.15) is 0 Å². The van der Waals surface area contributed by atoms with Gasteiger partial charge in [0.05, 0.1) is 5.52 Å². The first-order valence-electron chi connectivity index (χ1n) is 20.6. The fourth-order valence-electron chi connectivity index (χ4n) is 8.97. The fraction of sp³-hybridized carbons (Fsp3) is 0. The fourth-order valence-corrected chi connectivity index (χ4v) is 11.3. The van der Waals surface area contributed by atoms with Crippen molar-refractivity contribution in [3.05, 3.63) is 224 Å². The van der Waals surface area contributed by atoms with E-state index in [9.17, 15) is 0 Å². The first kappa shape index (κ1) is 35.5. The largest absolute Gasteiger partial charge is 0.310 e. The summed E-state index contributed by atoms with van der Waals surface area (Å²) >= 11 is 3.72. The predicted octanol–water partition coefficient (Wildman–Crippen LogP) is 17.0. The van der Waals surface area contributed by atoms with Crippen molar-refractivity contribution in [3.63, 3.8) is 0 Å². The zero-order valence-electron chi connectivity index (χ0n) is 33.0. The van der Waals surface area contributed by atoms with Crippen LogP contribution in [0.15, 0.2) is 224 Å². The topological polar surface area (TPSA) is 11.4 Å². The van der Waals surface area contributed by atoms with Gasteiger partial charge in [-0.25, -0.2) is 0 Å². The second kappa shape index (κ2) is 14.7. The molecule has 0 aliphatic rings. The molecule has 0 bridgehead atoms. The molecule has 0 atom stereocenters. The van der Waals surface area contributed by atoms with E-state index in [1.165, 1.54) is 62.5 Å². The number of hydrogen-bond acceptors (Lipinski definition) is 4. The van der Waals surface area contributed by atoms with Crippen molar-refractivity contribution in [3.8, 4) is 16.8 Å². The number of thiophene rings is 2. The minimum Gasteiger partial charge on any atom is -0.310 e. The molecule has 61 heavy (non-hydrogen) atoms. The number of hydrogen-bond donors (Lipinski definition) is 0. The Morgan fingerprint density at radius 2 is 0.803 bits per heavy atom. The number of para-hydroxylation sites is 3. The van der Waals surface area contributed by atoms with Crippen molar-refractivity contribution < 1.29 is 0 Å². The summed E-state index contributed by atoms with van der Waals surface area (Å²) in [5.74, 6) is 0. The number of benzene rings is 9. The quantitative estimate of drug-likeness (QED) is 0.151. The Balaban J connectivity index is 1.07. The first-order chi connectivity index (χ1) is 30.2. The van der Waals surface area contributed by atoms with E-state index in [1.807, 2.05) is 22.7 Å². The van der Waals surface area contributed by atoms with Crippen molar-refractivity contribution in [1.82, 2.24) is 4.57 Å². The number of aromatic nitrogens is 1. The van der Waals surface area contributed by atoms with Gasteiger partial charge in [-0.1, -0.05) is 121 Å². The second-order valence-corrected chi connectivity index (χ2v) is 17.5. The Bertz CT molecular complexity index is 3520. The van der Waals surface area contributed by atoms with Gasteiger partial charge < -0.3 is 14.4 Å². The molecule has 12 rings (SSSR count). The normalized spacial score (nSPS) is 11.6. The van der Waals surface area contributed by atoms with Gasteiger partial charge in [-0.05, 0) is 114 Å². The highest BCUT2D eigenvalue weighted by Crippen LogP contribution is 2.48. The molecule has 0 unspecified atom stereocenters. The Morgan fingerprint density at radius 1 is 0.311 bits per heavy atom. The third-order valence-electron chi connectivity index (χ3n) is 11.8. The average molecular weight is 816 g/mol. The number of rotatable bonds is 8. The van der Waals surface area contributed by atoms with E-state index in [0.717, 1.165) is 39.8 Å². The van der Waals surface area contributed by atoms with Gasteiger partial charge in [0, 0.05) is 80.8 Å². The zero-order valence-corrected chi connectivity index (χ0v) is 34.7. The van der Waals surface area contributed by atoms with E-state index in [4.69, 9.17) is 0 Å². The van der Waals surface area contributed by atoms with Gasteiger partial charge in [0.2, 0.25) is 0 Å².